The molecule has 0 bridgehead atoms. The number of carbonyl (C=O) groups excluding carboxylic acids is 1. The highest BCUT2D eigenvalue weighted by atomic mass is 32.2. The van der Waals surface area contributed by atoms with Gasteiger partial charge in [0, 0.05) is 51.9 Å². The van der Waals surface area contributed by atoms with Gasteiger partial charge >= 0.3 is 0 Å². The number of furan rings is 1. The first-order valence-corrected chi connectivity index (χ1v) is 10.7. The van der Waals surface area contributed by atoms with Crippen LogP contribution in [-0.4, -0.2) is 75.9 Å². The van der Waals surface area contributed by atoms with Crippen molar-refractivity contribution in [3.05, 3.63) is 17.6 Å². The van der Waals surface area contributed by atoms with Crippen molar-refractivity contribution < 1.29 is 17.6 Å². The van der Waals surface area contributed by atoms with Crippen LogP contribution >= 0.6 is 0 Å². The second-order valence-electron chi connectivity index (χ2n) is 6.84. The summed E-state index contributed by atoms with van der Waals surface area (Å²) in [7, 11) is -3.57. The van der Waals surface area contributed by atoms with E-state index in [4.69, 9.17) is 4.42 Å². The fraction of sp³-hybridized carbons (Fsp3) is 0.706. The smallest absolute Gasteiger partial charge is 0.287 e. The number of sulfonamides is 1. The van der Waals surface area contributed by atoms with Crippen molar-refractivity contribution in [2.45, 2.75) is 31.1 Å². The molecule has 0 aliphatic carbocycles. The molecule has 2 fully saturated rings. The molecular weight excluding hydrogens is 356 g/mol. The van der Waals surface area contributed by atoms with Gasteiger partial charge in [0.2, 0.25) is 10.0 Å². The van der Waals surface area contributed by atoms with Gasteiger partial charge in [-0.05, 0) is 32.7 Å². The predicted octanol–water partition coefficient (Wildman–Crippen LogP) is 0.398. The van der Waals surface area contributed by atoms with Crippen molar-refractivity contribution in [2.24, 2.45) is 0 Å². The maximum absolute atomic E-state index is 12.7. The van der Waals surface area contributed by atoms with E-state index >= 15 is 0 Å². The molecule has 8 nitrogen and oxygen atoms in total. The Balaban J connectivity index is 1.53. The lowest BCUT2D eigenvalue weighted by Crippen LogP contribution is -2.44. The normalized spacial score (nSPS) is 19.7. The van der Waals surface area contributed by atoms with Gasteiger partial charge in [-0.2, -0.15) is 4.31 Å². The molecule has 26 heavy (non-hydrogen) atoms. The molecular formula is C17H28N4O4S. The molecule has 1 aromatic rings. The SMILES string of the molecule is Cc1oc(C(=O)NCCCN2CCNCC2)cc1S(=O)(=O)N1CCCC1. The van der Waals surface area contributed by atoms with E-state index < -0.39 is 10.0 Å². The van der Waals surface area contributed by atoms with Crippen LogP contribution in [0, 0.1) is 6.92 Å². The molecule has 0 atom stereocenters. The highest BCUT2D eigenvalue weighted by molar-refractivity contribution is 7.89. The van der Waals surface area contributed by atoms with Crippen LogP contribution in [0.4, 0.5) is 0 Å². The molecule has 2 saturated heterocycles. The zero-order valence-electron chi connectivity index (χ0n) is 15.3. The number of nitrogens with one attached hydrogen (secondary N) is 2. The van der Waals surface area contributed by atoms with Crippen LogP contribution in [0.25, 0.3) is 0 Å². The van der Waals surface area contributed by atoms with E-state index in [1.807, 2.05) is 0 Å². The van der Waals surface area contributed by atoms with Gasteiger partial charge in [0.05, 0.1) is 0 Å². The highest BCUT2D eigenvalue weighted by Gasteiger charge is 2.31. The Morgan fingerprint density at radius 3 is 2.62 bits per heavy atom. The summed E-state index contributed by atoms with van der Waals surface area (Å²) in [5, 5.41) is 6.13. The third-order valence-corrected chi connectivity index (χ3v) is 6.93. The van der Waals surface area contributed by atoms with Crippen LogP contribution in [-0.2, 0) is 10.0 Å². The predicted molar refractivity (Wildman–Crippen MR) is 97.7 cm³/mol. The molecule has 0 unspecified atom stereocenters. The molecule has 1 amide bonds. The molecule has 0 aromatic carbocycles. The summed E-state index contributed by atoms with van der Waals surface area (Å²) < 4.78 is 32.2. The molecule has 2 aliphatic heterocycles. The van der Waals surface area contributed by atoms with E-state index in [0.29, 0.717) is 19.6 Å². The van der Waals surface area contributed by atoms with Crippen LogP contribution in [0.5, 0.6) is 0 Å². The Kier molecular flexibility index (Phi) is 6.33. The van der Waals surface area contributed by atoms with Crippen LogP contribution < -0.4 is 10.6 Å². The number of rotatable bonds is 7. The monoisotopic (exact) mass is 384 g/mol. The Morgan fingerprint density at radius 1 is 1.23 bits per heavy atom. The van der Waals surface area contributed by atoms with Crippen LogP contribution in [0.2, 0.25) is 0 Å². The van der Waals surface area contributed by atoms with Crippen molar-refractivity contribution in [3.8, 4) is 0 Å². The number of amides is 1. The zero-order valence-corrected chi connectivity index (χ0v) is 16.1. The van der Waals surface area contributed by atoms with Gasteiger partial charge in [-0.15, -0.1) is 0 Å². The Hall–Kier alpha value is -1.42. The van der Waals surface area contributed by atoms with E-state index in [9.17, 15) is 13.2 Å². The zero-order chi connectivity index (χ0) is 18.6. The molecule has 9 heteroatoms. The minimum Gasteiger partial charge on any atom is -0.455 e. The fourth-order valence-electron chi connectivity index (χ4n) is 3.43. The fourth-order valence-corrected chi connectivity index (χ4v) is 5.11. The molecule has 0 saturated carbocycles. The van der Waals surface area contributed by atoms with Crippen LogP contribution in [0.1, 0.15) is 35.6 Å². The van der Waals surface area contributed by atoms with E-state index in [1.165, 1.54) is 10.4 Å². The minimum atomic E-state index is -3.57. The molecule has 3 heterocycles. The van der Waals surface area contributed by atoms with E-state index in [-0.39, 0.29) is 22.3 Å². The van der Waals surface area contributed by atoms with E-state index in [0.717, 1.165) is 52.0 Å². The lowest BCUT2D eigenvalue weighted by atomic mass is 10.3. The van der Waals surface area contributed by atoms with Crippen LogP contribution in [0.3, 0.4) is 0 Å². The topological polar surface area (TPSA) is 94.9 Å². The average Bonchev–Trinajstić information content (AvgIpc) is 3.30. The average molecular weight is 385 g/mol. The molecule has 1 aromatic heterocycles. The number of piperazine rings is 1. The first-order chi connectivity index (χ1) is 12.5. The molecule has 2 N–H and O–H groups in total. The van der Waals surface area contributed by atoms with Gasteiger partial charge in [-0.1, -0.05) is 0 Å². The van der Waals surface area contributed by atoms with Gasteiger partial charge < -0.3 is 20.0 Å². The van der Waals surface area contributed by atoms with Gasteiger partial charge in [-0.25, -0.2) is 8.42 Å². The first-order valence-electron chi connectivity index (χ1n) is 9.30. The molecule has 146 valence electrons. The highest BCUT2D eigenvalue weighted by Crippen LogP contribution is 2.26. The summed E-state index contributed by atoms with van der Waals surface area (Å²) in [6.07, 6.45) is 2.59. The van der Waals surface area contributed by atoms with Crippen molar-refractivity contribution >= 4 is 15.9 Å². The summed E-state index contributed by atoms with van der Waals surface area (Å²) >= 11 is 0. The largest absolute Gasteiger partial charge is 0.455 e. The maximum Gasteiger partial charge on any atom is 0.287 e. The van der Waals surface area contributed by atoms with Crippen molar-refractivity contribution in [1.82, 2.24) is 19.8 Å². The Bertz CT molecular complexity index is 719. The van der Waals surface area contributed by atoms with Crippen molar-refractivity contribution in [1.29, 1.82) is 0 Å². The number of nitrogens with zero attached hydrogens (tertiary/aromatic N) is 2. The Labute approximate surface area is 155 Å². The van der Waals surface area contributed by atoms with Gasteiger partial charge in [0.1, 0.15) is 10.7 Å². The second kappa shape index (κ2) is 8.51. The van der Waals surface area contributed by atoms with E-state index in [1.54, 1.807) is 6.92 Å². The maximum atomic E-state index is 12.7. The van der Waals surface area contributed by atoms with Crippen molar-refractivity contribution in [3.63, 3.8) is 0 Å². The van der Waals surface area contributed by atoms with Gasteiger partial charge in [0.15, 0.2) is 5.76 Å². The third kappa shape index (κ3) is 4.46. The Morgan fingerprint density at radius 2 is 1.92 bits per heavy atom. The molecule has 2 aliphatic rings. The second-order valence-corrected chi connectivity index (χ2v) is 8.75. The lowest BCUT2D eigenvalue weighted by Gasteiger charge is -2.26. The molecule has 0 spiro atoms. The van der Waals surface area contributed by atoms with Gasteiger partial charge in [0.25, 0.3) is 5.91 Å². The lowest BCUT2D eigenvalue weighted by molar-refractivity contribution is 0.0922. The minimum absolute atomic E-state index is 0.0578. The number of aryl methyl sites for hydroxylation is 1. The number of hydrogen-bond acceptors (Lipinski definition) is 6. The number of carbonyl (C=O) groups is 1. The standard InChI is InChI=1S/C17H28N4O4S/c1-14-16(26(23,24)21-9-2-3-10-21)13-15(25-14)17(22)19-5-4-8-20-11-6-18-7-12-20/h13,18H,2-12H2,1H3,(H,19,22). The molecule has 0 radical (unpaired) electrons. The van der Waals surface area contributed by atoms with Gasteiger partial charge in [-0.3, -0.25) is 4.79 Å². The van der Waals surface area contributed by atoms with Crippen molar-refractivity contribution in [2.75, 3.05) is 52.4 Å². The summed E-state index contributed by atoms with van der Waals surface area (Å²) in [6.45, 7) is 8.19. The molecule has 3 rings (SSSR count). The number of hydrogen-bond donors (Lipinski definition) is 2. The third-order valence-electron chi connectivity index (χ3n) is 4.93. The van der Waals surface area contributed by atoms with E-state index in [2.05, 4.69) is 15.5 Å². The summed E-state index contributed by atoms with van der Waals surface area (Å²) in [5.74, 6) is -0.0402. The van der Waals surface area contributed by atoms with Crippen LogP contribution in [0.15, 0.2) is 15.4 Å². The first kappa shape index (κ1) is 19.3. The summed E-state index contributed by atoms with van der Waals surface area (Å²) in [6, 6.07) is 1.36. The summed E-state index contributed by atoms with van der Waals surface area (Å²) in [4.78, 5) is 14.7. The quantitative estimate of drug-likeness (QED) is 0.661. The summed E-state index contributed by atoms with van der Waals surface area (Å²) in [5.41, 5.74) is 0.